The first-order valence-corrected chi connectivity index (χ1v) is 6.42. The van der Waals surface area contributed by atoms with Crippen LogP contribution in [0, 0.1) is 6.92 Å². The van der Waals surface area contributed by atoms with Crippen molar-refractivity contribution >= 4 is 23.1 Å². The SMILES string of the molecule is CC(=O)c1ccc(Nc2oc(C)cc(=O)c2C(C)=O)cc1. The standard InChI is InChI=1S/C16H15NO4/c1-9-8-14(20)15(11(3)19)16(21-9)17-13-6-4-12(5-7-13)10(2)18/h4-8,17H,1-3H3. The molecule has 0 saturated carbocycles. The molecule has 1 aromatic carbocycles. The van der Waals surface area contributed by atoms with Crippen LogP contribution in [-0.4, -0.2) is 11.6 Å². The molecule has 0 unspecified atom stereocenters. The van der Waals surface area contributed by atoms with Crippen molar-refractivity contribution in [1.29, 1.82) is 0 Å². The van der Waals surface area contributed by atoms with Gasteiger partial charge < -0.3 is 9.73 Å². The van der Waals surface area contributed by atoms with Crippen LogP contribution in [0.5, 0.6) is 0 Å². The number of anilines is 2. The van der Waals surface area contributed by atoms with Gasteiger partial charge in [0.1, 0.15) is 11.3 Å². The third kappa shape index (κ3) is 3.25. The van der Waals surface area contributed by atoms with Gasteiger partial charge in [0.15, 0.2) is 17.0 Å². The minimum absolute atomic E-state index is 0.0174. The Morgan fingerprint density at radius 3 is 2.19 bits per heavy atom. The van der Waals surface area contributed by atoms with Crippen molar-refractivity contribution in [3.05, 3.63) is 57.4 Å². The summed E-state index contributed by atoms with van der Waals surface area (Å²) in [6.45, 7) is 4.43. The maximum absolute atomic E-state index is 11.9. The van der Waals surface area contributed by atoms with Crippen LogP contribution in [0.15, 0.2) is 39.5 Å². The van der Waals surface area contributed by atoms with Gasteiger partial charge in [0.2, 0.25) is 5.88 Å². The van der Waals surface area contributed by atoms with Crippen molar-refractivity contribution in [1.82, 2.24) is 0 Å². The Morgan fingerprint density at radius 1 is 1.05 bits per heavy atom. The fraction of sp³-hybridized carbons (Fsp3) is 0.188. The second-order valence-corrected chi connectivity index (χ2v) is 4.74. The van der Waals surface area contributed by atoms with Crippen LogP contribution in [0.2, 0.25) is 0 Å². The molecule has 0 radical (unpaired) electrons. The van der Waals surface area contributed by atoms with Gasteiger partial charge in [-0.05, 0) is 45.0 Å². The van der Waals surface area contributed by atoms with E-state index in [0.29, 0.717) is 17.0 Å². The van der Waals surface area contributed by atoms with E-state index in [1.54, 1.807) is 31.2 Å². The van der Waals surface area contributed by atoms with Gasteiger partial charge in [-0.15, -0.1) is 0 Å². The lowest BCUT2D eigenvalue weighted by molar-refractivity contribution is 0.100. The van der Waals surface area contributed by atoms with Crippen molar-refractivity contribution < 1.29 is 14.0 Å². The molecule has 2 aromatic rings. The van der Waals surface area contributed by atoms with E-state index >= 15 is 0 Å². The first kappa shape index (κ1) is 14.7. The van der Waals surface area contributed by atoms with Crippen molar-refractivity contribution in [2.45, 2.75) is 20.8 Å². The molecule has 0 spiro atoms. The van der Waals surface area contributed by atoms with Crippen molar-refractivity contribution in [2.24, 2.45) is 0 Å². The maximum atomic E-state index is 11.9. The van der Waals surface area contributed by atoms with E-state index in [4.69, 9.17) is 4.42 Å². The van der Waals surface area contributed by atoms with Gasteiger partial charge in [-0.25, -0.2) is 0 Å². The summed E-state index contributed by atoms with van der Waals surface area (Å²) in [7, 11) is 0. The third-order valence-electron chi connectivity index (χ3n) is 2.97. The molecule has 0 aliphatic rings. The molecule has 1 aromatic heterocycles. The molecule has 5 heteroatoms. The number of aryl methyl sites for hydroxylation is 1. The number of ketones is 2. The van der Waals surface area contributed by atoms with E-state index in [9.17, 15) is 14.4 Å². The predicted octanol–water partition coefficient (Wildman–Crippen LogP) is 3.10. The molecule has 0 fully saturated rings. The maximum Gasteiger partial charge on any atom is 0.212 e. The average molecular weight is 285 g/mol. The van der Waals surface area contributed by atoms with E-state index < -0.39 is 0 Å². The van der Waals surface area contributed by atoms with Crippen LogP contribution in [0.1, 0.15) is 40.3 Å². The van der Waals surface area contributed by atoms with Crippen molar-refractivity contribution in [2.75, 3.05) is 5.32 Å². The Kier molecular flexibility index (Phi) is 4.03. The quantitative estimate of drug-likeness (QED) is 0.873. The summed E-state index contributed by atoms with van der Waals surface area (Å²) in [5.74, 6) is 0.121. The second kappa shape index (κ2) is 5.75. The highest BCUT2D eigenvalue weighted by Gasteiger charge is 2.15. The number of hydrogen-bond acceptors (Lipinski definition) is 5. The second-order valence-electron chi connectivity index (χ2n) is 4.74. The molecule has 1 N–H and O–H groups in total. The zero-order valence-electron chi connectivity index (χ0n) is 12.0. The summed E-state index contributed by atoms with van der Waals surface area (Å²) in [5, 5.41) is 2.90. The summed E-state index contributed by atoms with van der Waals surface area (Å²) in [6, 6.07) is 7.96. The summed E-state index contributed by atoms with van der Waals surface area (Å²) in [6.07, 6.45) is 0. The molecule has 0 aliphatic carbocycles. The normalized spacial score (nSPS) is 10.2. The lowest BCUT2D eigenvalue weighted by Crippen LogP contribution is -2.15. The Labute approximate surface area is 121 Å². The van der Waals surface area contributed by atoms with Gasteiger partial charge in [-0.3, -0.25) is 14.4 Å². The first-order valence-electron chi connectivity index (χ1n) is 6.42. The molecule has 0 saturated heterocycles. The summed E-state index contributed by atoms with van der Waals surface area (Å²) >= 11 is 0. The fourth-order valence-corrected chi connectivity index (χ4v) is 1.95. The van der Waals surface area contributed by atoms with Gasteiger partial charge in [0, 0.05) is 17.3 Å². The number of rotatable bonds is 4. The number of Topliss-reactive ketones (excluding diaryl/α,β-unsaturated/α-hetero) is 2. The monoisotopic (exact) mass is 285 g/mol. The van der Waals surface area contributed by atoms with E-state index in [1.807, 2.05) is 0 Å². The van der Waals surface area contributed by atoms with Crippen LogP contribution in [0.4, 0.5) is 11.6 Å². The summed E-state index contributed by atoms with van der Waals surface area (Å²) in [5.41, 5.74) is 0.805. The average Bonchev–Trinajstić information content (AvgIpc) is 2.37. The van der Waals surface area contributed by atoms with Crippen LogP contribution >= 0.6 is 0 Å². The Morgan fingerprint density at radius 2 is 1.67 bits per heavy atom. The minimum Gasteiger partial charge on any atom is -0.445 e. The van der Waals surface area contributed by atoms with Gasteiger partial charge in [0.05, 0.1) is 0 Å². The minimum atomic E-state index is -0.380. The highest BCUT2D eigenvalue weighted by Crippen LogP contribution is 2.21. The lowest BCUT2D eigenvalue weighted by Gasteiger charge is -2.09. The van der Waals surface area contributed by atoms with Crippen LogP contribution in [-0.2, 0) is 0 Å². The summed E-state index contributed by atoms with van der Waals surface area (Å²) < 4.78 is 5.43. The molecular formula is C16H15NO4. The Hall–Kier alpha value is -2.69. The molecule has 0 amide bonds. The van der Waals surface area contributed by atoms with Gasteiger partial charge in [-0.1, -0.05) is 0 Å². The van der Waals surface area contributed by atoms with Crippen LogP contribution in [0.3, 0.4) is 0 Å². The molecular weight excluding hydrogens is 270 g/mol. The molecule has 2 rings (SSSR count). The number of benzene rings is 1. The first-order chi connectivity index (χ1) is 9.88. The van der Waals surface area contributed by atoms with Crippen LogP contribution < -0.4 is 10.7 Å². The van der Waals surface area contributed by atoms with Gasteiger partial charge >= 0.3 is 0 Å². The molecule has 108 valence electrons. The highest BCUT2D eigenvalue weighted by atomic mass is 16.4. The fourth-order valence-electron chi connectivity index (χ4n) is 1.95. The molecule has 0 bridgehead atoms. The van der Waals surface area contributed by atoms with E-state index in [1.165, 1.54) is 19.9 Å². The topological polar surface area (TPSA) is 76.4 Å². The molecule has 21 heavy (non-hydrogen) atoms. The zero-order valence-corrected chi connectivity index (χ0v) is 12.0. The number of hydrogen-bond donors (Lipinski definition) is 1. The largest absolute Gasteiger partial charge is 0.445 e. The van der Waals surface area contributed by atoms with E-state index in [0.717, 1.165) is 0 Å². The lowest BCUT2D eigenvalue weighted by atomic mass is 10.1. The smallest absolute Gasteiger partial charge is 0.212 e. The van der Waals surface area contributed by atoms with E-state index in [-0.39, 0.29) is 28.4 Å². The predicted molar refractivity (Wildman–Crippen MR) is 79.4 cm³/mol. The Balaban J connectivity index is 2.41. The van der Waals surface area contributed by atoms with Crippen molar-refractivity contribution in [3.8, 4) is 0 Å². The van der Waals surface area contributed by atoms with Crippen molar-refractivity contribution in [3.63, 3.8) is 0 Å². The highest BCUT2D eigenvalue weighted by molar-refractivity contribution is 5.99. The molecule has 5 nitrogen and oxygen atoms in total. The number of carbonyl (C=O) groups excluding carboxylic acids is 2. The van der Waals surface area contributed by atoms with Crippen LogP contribution in [0.25, 0.3) is 0 Å². The molecule has 0 aliphatic heterocycles. The van der Waals surface area contributed by atoms with Gasteiger partial charge in [-0.2, -0.15) is 0 Å². The third-order valence-corrected chi connectivity index (χ3v) is 2.97. The summed E-state index contributed by atoms with van der Waals surface area (Å²) in [4.78, 5) is 34.7. The molecule has 1 heterocycles. The number of nitrogens with one attached hydrogen (secondary N) is 1. The Bertz CT molecular complexity index is 757. The van der Waals surface area contributed by atoms with Gasteiger partial charge in [0.25, 0.3) is 0 Å². The molecule has 0 atom stereocenters. The number of carbonyl (C=O) groups is 2. The van der Waals surface area contributed by atoms with E-state index in [2.05, 4.69) is 5.32 Å². The zero-order chi connectivity index (χ0) is 15.6.